The minimum absolute atomic E-state index is 0.238. The van der Waals surface area contributed by atoms with Crippen molar-refractivity contribution in [2.45, 2.75) is 6.42 Å². The van der Waals surface area contributed by atoms with Crippen LogP contribution in [0.15, 0.2) is 24.3 Å². The van der Waals surface area contributed by atoms with Crippen molar-refractivity contribution >= 4 is 39.9 Å². The summed E-state index contributed by atoms with van der Waals surface area (Å²) >= 11 is 6.14. The molecule has 0 amide bonds. The monoisotopic (exact) mass is 259 g/mol. The summed E-state index contributed by atoms with van der Waals surface area (Å²) in [5.74, 6) is 0. The summed E-state index contributed by atoms with van der Waals surface area (Å²) in [4.78, 5) is 22.6. The van der Waals surface area contributed by atoms with Crippen LogP contribution < -0.4 is 0 Å². The Morgan fingerprint density at radius 2 is 2.07 bits per heavy atom. The van der Waals surface area contributed by atoms with Crippen LogP contribution in [0.5, 0.6) is 0 Å². The van der Waals surface area contributed by atoms with E-state index in [2.05, 4.69) is 16.8 Å². The molecular formula is C9H10NO2PS2. The molecule has 0 aliphatic heterocycles. The second-order valence-electron chi connectivity index (χ2n) is 3.21. The largest absolute Gasteiger partial charge is 0.345 e. The predicted molar refractivity (Wildman–Crippen MR) is 66.9 cm³/mol. The van der Waals surface area contributed by atoms with Crippen molar-refractivity contribution in [2.75, 3.05) is 6.16 Å². The van der Waals surface area contributed by atoms with Crippen molar-refractivity contribution in [3.63, 3.8) is 0 Å². The number of hydrogen-bond donors (Lipinski definition) is 2. The smallest absolute Gasteiger partial charge is 0.183 e. The third-order valence-corrected chi connectivity index (χ3v) is 4.41. The van der Waals surface area contributed by atoms with Crippen LogP contribution >= 0.6 is 17.8 Å². The number of benzene rings is 1. The summed E-state index contributed by atoms with van der Waals surface area (Å²) in [5.41, 5.74) is 0.960. The number of hydrogen-bond acceptors (Lipinski definition) is 3. The van der Waals surface area contributed by atoms with Gasteiger partial charge in [-0.05, 0) is 23.9 Å². The molecular weight excluding hydrogens is 249 g/mol. The van der Waals surface area contributed by atoms with Crippen LogP contribution in [0.25, 0.3) is 10.2 Å². The molecule has 1 heterocycles. The molecule has 1 aromatic carbocycles. The first-order valence-electron chi connectivity index (χ1n) is 4.44. The highest BCUT2D eigenvalue weighted by Gasteiger charge is 2.10. The standard InChI is InChI=1S/C9H10NO2PS2/c11-13(12,14)6-5-9-10-7-3-1-2-4-8(7)15-9/h1-4H,5-6H2,(H2,11,12,14). The van der Waals surface area contributed by atoms with E-state index in [9.17, 15) is 0 Å². The quantitative estimate of drug-likeness (QED) is 0.829. The van der Waals surface area contributed by atoms with Gasteiger partial charge >= 0.3 is 0 Å². The number of fused-ring (bicyclic) bond motifs is 1. The molecule has 6 heteroatoms. The fourth-order valence-corrected chi connectivity index (χ4v) is 3.16. The number of rotatable bonds is 3. The van der Waals surface area contributed by atoms with E-state index in [1.54, 1.807) is 11.3 Å². The number of para-hydroxylation sites is 1. The van der Waals surface area contributed by atoms with E-state index in [1.165, 1.54) is 0 Å². The van der Waals surface area contributed by atoms with E-state index in [-0.39, 0.29) is 6.16 Å². The van der Waals surface area contributed by atoms with Gasteiger partial charge in [-0.1, -0.05) is 12.1 Å². The molecule has 1 aromatic heterocycles. The van der Waals surface area contributed by atoms with Gasteiger partial charge in [-0.15, -0.1) is 11.3 Å². The highest BCUT2D eigenvalue weighted by Crippen LogP contribution is 2.36. The van der Waals surface area contributed by atoms with Gasteiger partial charge in [0.1, 0.15) is 0 Å². The van der Waals surface area contributed by atoms with E-state index in [0.29, 0.717) is 6.42 Å². The number of aromatic nitrogens is 1. The number of aryl methyl sites for hydroxylation is 1. The molecule has 0 atom stereocenters. The Balaban J connectivity index is 2.19. The van der Waals surface area contributed by atoms with E-state index < -0.39 is 6.49 Å². The predicted octanol–water partition coefficient (Wildman–Crippen LogP) is 2.13. The Hall–Kier alpha value is -0.320. The lowest BCUT2D eigenvalue weighted by Gasteiger charge is -2.03. The SMILES string of the molecule is OP(O)(=S)CCc1nc2ccccc2s1. The lowest BCUT2D eigenvalue weighted by Crippen LogP contribution is -1.92. The molecule has 2 rings (SSSR count). The van der Waals surface area contributed by atoms with Gasteiger partial charge in [-0.2, -0.15) is 0 Å². The van der Waals surface area contributed by atoms with Gasteiger partial charge in [0.15, 0.2) is 6.49 Å². The van der Waals surface area contributed by atoms with Gasteiger partial charge in [-0.3, -0.25) is 0 Å². The van der Waals surface area contributed by atoms with Crippen molar-refractivity contribution in [3.05, 3.63) is 29.3 Å². The fraction of sp³-hybridized carbons (Fsp3) is 0.222. The summed E-state index contributed by atoms with van der Waals surface area (Å²) < 4.78 is 1.12. The summed E-state index contributed by atoms with van der Waals surface area (Å²) in [7, 11) is 0. The number of nitrogens with zero attached hydrogens (tertiary/aromatic N) is 1. The minimum Gasteiger partial charge on any atom is -0.345 e. The van der Waals surface area contributed by atoms with Gasteiger partial charge in [0, 0.05) is 12.6 Å². The second kappa shape index (κ2) is 4.28. The van der Waals surface area contributed by atoms with Crippen molar-refractivity contribution in [2.24, 2.45) is 0 Å². The van der Waals surface area contributed by atoms with Crippen molar-refractivity contribution in [1.82, 2.24) is 4.98 Å². The number of thiazole rings is 1. The first-order chi connectivity index (χ1) is 7.04. The Labute approximate surface area is 96.6 Å². The molecule has 0 aliphatic rings. The summed E-state index contributed by atoms with van der Waals surface area (Å²) in [5, 5.41) is 0.911. The highest BCUT2D eigenvalue weighted by molar-refractivity contribution is 8.09. The molecule has 2 aromatic rings. The maximum absolute atomic E-state index is 9.11. The summed E-state index contributed by atoms with van der Waals surface area (Å²) in [6, 6.07) is 7.86. The van der Waals surface area contributed by atoms with Gasteiger partial charge in [0.05, 0.1) is 15.2 Å². The first-order valence-corrected chi connectivity index (χ1v) is 8.14. The molecule has 2 N–H and O–H groups in total. The average Bonchev–Trinajstić information content (AvgIpc) is 2.56. The van der Waals surface area contributed by atoms with Gasteiger partial charge in [0.25, 0.3) is 0 Å². The average molecular weight is 259 g/mol. The molecule has 80 valence electrons. The fourth-order valence-electron chi connectivity index (χ4n) is 1.27. The van der Waals surface area contributed by atoms with Crippen LogP contribution in [0.1, 0.15) is 5.01 Å². The molecule has 0 saturated carbocycles. The Morgan fingerprint density at radius 3 is 2.73 bits per heavy atom. The Morgan fingerprint density at radius 1 is 1.33 bits per heavy atom. The molecule has 0 bridgehead atoms. The third kappa shape index (κ3) is 3.06. The molecule has 0 saturated heterocycles. The lowest BCUT2D eigenvalue weighted by atomic mass is 10.3. The van der Waals surface area contributed by atoms with Crippen molar-refractivity contribution < 1.29 is 9.79 Å². The zero-order valence-electron chi connectivity index (χ0n) is 7.83. The van der Waals surface area contributed by atoms with Gasteiger partial charge in [-0.25, -0.2) is 4.98 Å². The topological polar surface area (TPSA) is 53.4 Å². The van der Waals surface area contributed by atoms with Gasteiger partial charge in [0.2, 0.25) is 0 Å². The van der Waals surface area contributed by atoms with E-state index in [1.807, 2.05) is 24.3 Å². The molecule has 0 aliphatic carbocycles. The Bertz CT molecular complexity index is 487. The first kappa shape index (κ1) is 11.2. The van der Waals surface area contributed by atoms with Crippen LogP contribution in [0.2, 0.25) is 0 Å². The third-order valence-electron chi connectivity index (χ3n) is 1.96. The molecule has 0 fully saturated rings. The summed E-state index contributed by atoms with van der Waals surface area (Å²) in [6.07, 6.45) is 0.784. The van der Waals surface area contributed by atoms with Crippen LogP contribution in [0.3, 0.4) is 0 Å². The molecule has 0 spiro atoms. The minimum atomic E-state index is -3.07. The van der Waals surface area contributed by atoms with Crippen LogP contribution in [0.4, 0.5) is 0 Å². The maximum atomic E-state index is 9.11. The summed E-state index contributed by atoms with van der Waals surface area (Å²) in [6.45, 7) is -3.07. The maximum Gasteiger partial charge on any atom is 0.183 e. The van der Waals surface area contributed by atoms with Crippen LogP contribution in [-0.4, -0.2) is 20.9 Å². The highest BCUT2D eigenvalue weighted by atomic mass is 32.5. The van der Waals surface area contributed by atoms with Crippen molar-refractivity contribution in [3.8, 4) is 0 Å². The zero-order chi connectivity index (χ0) is 10.9. The second-order valence-corrected chi connectivity index (χ2v) is 7.86. The zero-order valence-corrected chi connectivity index (χ0v) is 10.4. The van der Waals surface area contributed by atoms with E-state index in [4.69, 9.17) is 9.79 Å². The molecule has 3 nitrogen and oxygen atoms in total. The van der Waals surface area contributed by atoms with Gasteiger partial charge < -0.3 is 9.79 Å². The molecule has 15 heavy (non-hydrogen) atoms. The molecule has 0 radical (unpaired) electrons. The lowest BCUT2D eigenvalue weighted by molar-refractivity contribution is 0.478. The Kier molecular flexibility index (Phi) is 3.19. The van der Waals surface area contributed by atoms with Crippen LogP contribution in [-0.2, 0) is 18.2 Å². The molecule has 0 unspecified atom stereocenters. The van der Waals surface area contributed by atoms with E-state index >= 15 is 0 Å². The van der Waals surface area contributed by atoms with E-state index in [0.717, 1.165) is 15.2 Å². The normalized spacial score (nSPS) is 12.1. The van der Waals surface area contributed by atoms with Crippen molar-refractivity contribution in [1.29, 1.82) is 0 Å². The van der Waals surface area contributed by atoms with Crippen LogP contribution in [0, 0.1) is 0 Å².